The van der Waals surface area contributed by atoms with Gasteiger partial charge in [0.25, 0.3) is 0 Å². The molecule has 1 aliphatic heterocycles. The van der Waals surface area contributed by atoms with E-state index in [0.717, 1.165) is 11.3 Å². The number of nitrogens with one attached hydrogen (secondary N) is 1. The minimum absolute atomic E-state index is 0.0627. The molecule has 0 saturated heterocycles. The number of carboxylic acids is 1. The molecular weight excluding hydrogens is 402 g/mol. The molecule has 1 aromatic heterocycles. The second-order valence-corrected chi connectivity index (χ2v) is 9.83. The highest BCUT2D eigenvalue weighted by molar-refractivity contribution is 7.83. The maximum absolute atomic E-state index is 12.5. The lowest BCUT2D eigenvalue weighted by molar-refractivity contribution is 0.0558. The quantitative estimate of drug-likeness (QED) is 0.763. The second-order valence-electron chi connectivity index (χ2n) is 6.89. The van der Waals surface area contributed by atoms with E-state index in [4.69, 9.17) is 21.4 Å². The van der Waals surface area contributed by atoms with Crippen molar-refractivity contribution >= 4 is 51.9 Å². The highest BCUT2D eigenvalue weighted by Gasteiger charge is 2.40. The SMILES string of the molecule is CN1C(NC(=O)OC(C)(C)C)=NC(C)(c2sc(C(=O)O)cc2Cl)CS1=O. The predicted octanol–water partition coefficient (Wildman–Crippen LogP) is 2.80. The zero-order chi connectivity index (χ0) is 19.9. The molecule has 1 amide bonds. The first-order valence-corrected chi connectivity index (χ1v) is 10.0. The molecule has 2 rings (SSSR count). The van der Waals surface area contributed by atoms with Crippen molar-refractivity contribution in [3.63, 3.8) is 0 Å². The van der Waals surface area contributed by atoms with Crippen LogP contribution in [0.25, 0.3) is 0 Å². The molecule has 2 atom stereocenters. The van der Waals surface area contributed by atoms with Crippen molar-refractivity contribution < 1.29 is 23.6 Å². The molecule has 0 spiro atoms. The van der Waals surface area contributed by atoms with Crippen molar-refractivity contribution in [3.8, 4) is 0 Å². The van der Waals surface area contributed by atoms with E-state index in [2.05, 4.69) is 10.3 Å². The van der Waals surface area contributed by atoms with Gasteiger partial charge in [0.1, 0.15) is 27.0 Å². The third kappa shape index (κ3) is 4.54. The number of guanidine groups is 1. The van der Waals surface area contributed by atoms with Gasteiger partial charge in [-0.05, 0) is 33.8 Å². The van der Waals surface area contributed by atoms with Crippen molar-refractivity contribution in [2.24, 2.45) is 4.99 Å². The van der Waals surface area contributed by atoms with E-state index in [9.17, 15) is 13.8 Å². The minimum Gasteiger partial charge on any atom is -0.477 e. The van der Waals surface area contributed by atoms with Crippen LogP contribution in [0.2, 0.25) is 5.02 Å². The number of carbonyl (C=O) groups is 2. The Balaban J connectivity index is 2.39. The normalized spacial score (nSPS) is 23.4. The standard InChI is InChI=1S/C15H20ClN3O5S2/c1-14(2,3)24-13(22)17-12-18-15(4,7-26(23)19(12)5)10-8(16)6-9(25-10)11(20)21/h6H,7H2,1-5H3,(H,20,21)(H,17,18,22). The lowest BCUT2D eigenvalue weighted by Crippen LogP contribution is -2.51. The number of aliphatic imine (C=N–C) groups is 1. The summed E-state index contributed by atoms with van der Waals surface area (Å²) in [6, 6.07) is 1.34. The molecule has 0 aromatic carbocycles. The Morgan fingerprint density at radius 3 is 2.62 bits per heavy atom. The molecule has 0 fully saturated rings. The number of hydrogen-bond donors (Lipinski definition) is 2. The molecule has 26 heavy (non-hydrogen) atoms. The van der Waals surface area contributed by atoms with E-state index >= 15 is 0 Å². The fraction of sp³-hybridized carbons (Fsp3) is 0.533. The number of rotatable bonds is 2. The molecule has 2 heterocycles. The number of carboxylic acid groups (broad SMARTS) is 1. The van der Waals surface area contributed by atoms with Gasteiger partial charge in [-0.25, -0.2) is 18.8 Å². The molecule has 8 nitrogen and oxygen atoms in total. The van der Waals surface area contributed by atoms with Crippen LogP contribution in [0.3, 0.4) is 0 Å². The van der Waals surface area contributed by atoms with Crippen LogP contribution in [0.15, 0.2) is 11.1 Å². The molecule has 2 unspecified atom stereocenters. The molecule has 2 N–H and O–H groups in total. The third-order valence-electron chi connectivity index (χ3n) is 3.36. The molecule has 1 aromatic rings. The summed E-state index contributed by atoms with van der Waals surface area (Å²) in [6.07, 6.45) is -0.729. The minimum atomic E-state index is -1.50. The molecule has 0 radical (unpaired) electrons. The van der Waals surface area contributed by atoms with Crippen molar-refractivity contribution in [3.05, 3.63) is 20.8 Å². The zero-order valence-corrected chi connectivity index (χ0v) is 17.3. The van der Waals surface area contributed by atoms with Crippen molar-refractivity contribution in [2.75, 3.05) is 12.8 Å². The fourth-order valence-corrected chi connectivity index (χ4v) is 4.95. The van der Waals surface area contributed by atoms with Crippen LogP contribution >= 0.6 is 22.9 Å². The van der Waals surface area contributed by atoms with Crippen molar-refractivity contribution in [2.45, 2.75) is 38.8 Å². The van der Waals surface area contributed by atoms with Crippen LogP contribution in [-0.2, 0) is 21.3 Å². The van der Waals surface area contributed by atoms with Crippen LogP contribution in [0.1, 0.15) is 42.2 Å². The van der Waals surface area contributed by atoms with Gasteiger partial charge in [-0.15, -0.1) is 11.3 Å². The maximum atomic E-state index is 12.5. The van der Waals surface area contributed by atoms with Gasteiger partial charge in [-0.1, -0.05) is 11.6 Å². The van der Waals surface area contributed by atoms with Gasteiger partial charge in [0, 0.05) is 7.05 Å². The Morgan fingerprint density at radius 2 is 2.12 bits per heavy atom. The van der Waals surface area contributed by atoms with Crippen LogP contribution in [0, 0.1) is 0 Å². The molecule has 0 saturated carbocycles. The van der Waals surface area contributed by atoms with Crippen LogP contribution < -0.4 is 5.32 Å². The number of nitrogens with zero attached hydrogens (tertiary/aromatic N) is 2. The van der Waals surface area contributed by atoms with Crippen LogP contribution in [0.4, 0.5) is 4.79 Å². The molecular formula is C15H20ClN3O5S2. The van der Waals surface area contributed by atoms with E-state index in [1.165, 1.54) is 17.4 Å². The van der Waals surface area contributed by atoms with Gasteiger partial charge >= 0.3 is 12.1 Å². The topological polar surface area (TPSA) is 108 Å². The van der Waals surface area contributed by atoms with Gasteiger partial charge in [0.05, 0.1) is 15.7 Å². The van der Waals surface area contributed by atoms with E-state index < -0.39 is 34.2 Å². The molecule has 0 aliphatic carbocycles. The average Bonchev–Trinajstić information content (AvgIpc) is 2.85. The summed E-state index contributed by atoms with van der Waals surface area (Å²) >= 11 is 7.16. The lowest BCUT2D eigenvalue weighted by atomic mass is 10.0. The monoisotopic (exact) mass is 421 g/mol. The summed E-state index contributed by atoms with van der Waals surface area (Å²) in [5.74, 6) is -0.938. The predicted molar refractivity (Wildman–Crippen MR) is 101 cm³/mol. The first kappa shape index (κ1) is 20.7. The maximum Gasteiger partial charge on any atom is 0.414 e. The third-order valence-corrected chi connectivity index (χ3v) is 6.74. The number of halogens is 1. The van der Waals surface area contributed by atoms with Crippen molar-refractivity contribution in [1.82, 2.24) is 9.62 Å². The largest absolute Gasteiger partial charge is 0.477 e. The molecule has 0 bridgehead atoms. The van der Waals surface area contributed by atoms with E-state index in [0.29, 0.717) is 4.88 Å². The Kier molecular flexibility index (Phi) is 5.69. The molecule has 11 heteroatoms. The van der Waals surface area contributed by atoms with Gasteiger partial charge in [0.15, 0.2) is 0 Å². The van der Waals surface area contributed by atoms with Crippen LogP contribution in [-0.4, -0.2) is 50.0 Å². The van der Waals surface area contributed by atoms with E-state index in [-0.39, 0.29) is 21.6 Å². The van der Waals surface area contributed by atoms with Gasteiger partial charge in [0.2, 0.25) is 5.96 Å². The average molecular weight is 422 g/mol. The fourth-order valence-electron chi connectivity index (χ4n) is 2.23. The number of carbonyl (C=O) groups excluding carboxylic acids is 1. The summed E-state index contributed by atoms with van der Waals surface area (Å²) in [4.78, 5) is 28.3. The highest BCUT2D eigenvalue weighted by atomic mass is 35.5. The number of hydrogen-bond acceptors (Lipinski definition) is 6. The summed E-state index contributed by atoms with van der Waals surface area (Å²) in [5, 5.41) is 11.9. The van der Waals surface area contributed by atoms with E-state index in [1.807, 2.05) is 0 Å². The van der Waals surface area contributed by atoms with Gasteiger partial charge in [-0.3, -0.25) is 9.62 Å². The summed E-state index contributed by atoms with van der Waals surface area (Å²) in [7, 11) is 0.0310. The number of thiophene rings is 1. The zero-order valence-electron chi connectivity index (χ0n) is 15.0. The Morgan fingerprint density at radius 1 is 1.50 bits per heavy atom. The van der Waals surface area contributed by atoms with Crippen LogP contribution in [0.5, 0.6) is 0 Å². The highest BCUT2D eigenvalue weighted by Crippen LogP contribution is 2.40. The second kappa shape index (κ2) is 7.16. The number of aromatic carboxylic acids is 1. The molecule has 144 valence electrons. The summed E-state index contributed by atoms with van der Waals surface area (Å²) in [6.45, 7) is 6.86. The lowest BCUT2D eigenvalue weighted by Gasteiger charge is -2.34. The number of ether oxygens (including phenoxy) is 1. The molecule has 1 aliphatic rings. The van der Waals surface area contributed by atoms with Gasteiger partial charge < -0.3 is 9.84 Å². The van der Waals surface area contributed by atoms with Crippen molar-refractivity contribution in [1.29, 1.82) is 0 Å². The number of amides is 1. The Hall–Kier alpha value is -1.65. The van der Waals surface area contributed by atoms with Gasteiger partial charge in [-0.2, -0.15) is 0 Å². The summed E-state index contributed by atoms with van der Waals surface area (Å²) < 4.78 is 19.0. The van der Waals surface area contributed by atoms with E-state index in [1.54, 1.807) is 27.7 Å². The Bertz CT molecular complexity index is 802. The first-order valence-electron chi connectivity index (χ1n) is 7.57. The first-order chi connectivity index (χ1) is 11.8. The summed E-state index contributed by atoms with van der Waals surface area (Å²) in [5.41, 5.74) is -1.75. The smallest absolute Gasteiger partial charge is 0.414 e. The number of alkyl carbamates (subject to hydrolysis) is 1. The Labute approximate surface area is 162 Å².